The van der Waals surface area contributed by atoms with Crippen LogP contribution in [0, 0.1) is 13.8 Å². The number of carbonyl (C=O) groups excluding carboxylic acids is 1. The average molecular weight is 427 g/mol. The van der Waals surface area contributed by atoms with Crippen molar-refractivity contribution in [2.45, 2.75) is 39.2 Å². The van der Waals surface area contributed by atoms with Gasteiger partial charge in [0, 0.05) is 17.9 Å². The third kappa shape index (κ3) is 4.05. The maximum Gasteiger partial charge on any atom is 0.256 e. The minimum atomic E-state index is -3.49. The number of aromatic nitrogens is 2. The molecule has 1 amide bonds. The first-order chi connectivity index (χ1) is 14.2. The summed E-state index contributed by atoms with van der Waals surface area (Å²) < 4.78 is 26.0. The van der Waals surface area contributed by atoms with Crippen LogP contribution < -0.4 is 4.72 Å². The third-order valence-electron chi connectivity index (χ3n) is 5.51. The maximum atomic E-state index is 13.5. The molecule has 0 aliphatic carbocycles. The molecule has 1 aromatic carbocycles. The lowest BCUT2D eigenvalue weighted by Gasteiger charge is -2.35. The zero-order valence-electron chi connectivity index (χ0n) is 17.4. The van der Waals surface area contributed by atoms with E-state index in [4.69, 9.17) is 0 Å². The molecule has 1 aliphatic heterocycles. The topological polar surface area (TPSA) is 95.2 Å². The Bertz CT molecular complexity index is 1220. The standard InChI is InChI=1S/C22H26N4O3S/c1-14-12-15(2)23-19-13-18(24-21(14)19)20-10-6-7-11-26(20)22(27)16-8-4-5-9-17(16)25-30(3,28)29/h4-5,8-9,12-13,20,24-25H,6-7,10-11H2,1-3H3/t20-/m0/s1. The number of para-hydroxylation sites is 1. The number of hydrogen-bond donors (Lipinski definition) is 2. The van der Waals surface area contributed by atoms with Gasteiger partial charge in [-0.2, -0.15) is 0 Å². The number of aryl methyl sites for hydroxylation is 2. The predicted octanol–water partition coefficient (Wildman–Crippen LogP) is 3.92. The molecule has 0 radical (unpaired) electrons. The summed E-state index contributed by atoms with van der Waals surface area (Å²) in [6.07, 6.45) is 3.87. The number of fused-ring (bicyclic) bond motifs is 1. The molecule has 0 bridgehead atoms. The zero-order chi connectivity index (χ0) is 21.5. The molecule has 1 aliphatic rings. The number of carbonyl (C=O) groups is 1. The largest absolute Gasteiger partial charge is 0.355 e. The highest BCUT2D eigenvalue weighted by Gasteiger charge is 2.31. The molecular weight excluding hydrogens is 400 g/mol. The van der Waals surface area contributed by atoms with Gasteiger partial charge < -0.3 is 9.88 Å². The van der Waals surface area contributed by atoms with Gasteiger partial charge in [-0.3, -0.25) is 14.5 Å². The number of aromatic amines is 1. The molecule has 30 heavy (non-hydrogen) atoms. The number of benzene rings is 1. The average Bonchev–Trinajstić information content (AvgIpc) is 3.11. The van der Waals surface area contributed by atoms with Gasteiger partial charge in [0.25, 0.3) is 5.91 Å². The SMILES string of the molecule is Cc1cc(C)c2[nH]c([C@@H]3CCCCN3C(=O)c3ccccc3NS(C)(=O)=O)cc2n1. The molecule has 0 spiro atoms. The van der Waals surface area contributed by atoms with Crippen molar-refractivity contribution in [2.75, 3.05) is 17.5 Å². The van der Waals surface area contributed by atoms with Crippen LogP contribution in [0.25, 0.3) is 11.0 Å². The van der Waals surface area contributed by atoms with Crippen LogP contribution in [0.2, 0.25) is 0 Å². The second-order valence-electron chi connectivity index (χ2n) is 8.00. The number of likely N-dealkylation sites (tertiary alicyclic amines) is 1. The van der Waals surface area contributed by atoms with Crippen molar-refractivity contribution in [1.29, 1.82) is 0 Å². The van der Waals surface area contributed by atoms with E-state index in [1.165, 1.54) is 0 Å². The van der Waals surface area contributed by atoms with Gasteiger partial charge >= 0.3 is 0 Å². The van der Waals surface area contributed by atoms with Gasteiger partial charge in [-0.25, -0.2) is 8.42 Å². The van der Waals surface area contributed by atoms with E-state index in [0.29, 0.717) is 17.8 Å². The van der Waals surface area contributed by atoms with Crippen LogP contribution >= 0.6 is 0 Å². The van der Waals surface area contributed by atoms with Gasteiger partial charge in [-0.05, 0) is 62.9 Å². The van der Waals surface area contributed by atoms with Crippen molar-refractivity contribution in [3.8, 4) is 0 Å². The molecule has 2 N–H and O–H groups in total. The fourth-order valence-corrected chi connectivity index (χ4v) is 4.83. The molecule has 3 aromatic rings. The molecule has 0 unspecified atom stereocenters. The number of nitrogens with zero attached hydrogens (tertiary/aromatic N) is 2. The molecule has 1 atom stereocenters. The van der Waals surface area contributed by atoms with E-state index in [2.05, 4.69) is 14.7 Å². The van der Waals surface area contributed by atoms with Crippen LogP contribution in [0.4, 0.5) is 5.69 Å². The highest BCUT2D eigenvalue weighted by atomic mass is 32.2. The molecule has 158 valence electrons. The van der Waals surface area contributed by atoms with E-state index in [1.807, 2.05) is 30.9 Å². The summed E-state index contributed by atoms with van der Waals surface area (Å²) in [6, 6.07) is 10.7. The molecule has 3 heterocycles. The summed E-state index contributed by atoms with van der Waals surface area (Å²) >= 11 is 0. The van der Waals surface area contributed by atoms with E-state index in [-0.39, 0.29) is 11.9 Å². The van der Waals surface area contributed by atoms with E-state index < -0.39 is 10.0 Å². The summed E-state index contributed by atoms with van der Waals surface area (Å²) in [5.41, 5.74) is 5.61. The molecular formula is C22H26N4O3S. The van der Waals surface area contributed by atoms with Crippen molar-refractivity contribution in [3.63, 3.8) is 0 Å². The summed E-state index contributed by atoms with van der Waals surface area (Å²) in [5, 5.41) is 0. The molecule has 4 rings (SSSR count). The van der Waals surface area contributed by atoms with Crippen LogP contribution in [-0.4, -0.2) is 42.0 Å². The van der Waals surface area contributed by atoms with Crippen molar-refractivity contribution < 1.29 is 13.2 Å². The Labute approximate surface area is 176 Å². The number of sulfonamides is 1. The Kier molecular flexibility index (Phi) is 5.27. The highest BCUT2D eigenvalue weighted by molar-refractivity contribution is 7.92. The Balaban J connectivity index is 1.72. The summed E-state index contributed by atoms with van der Waals surface area (Å²) in [7, 11) is -3.49. The van der Waals surface area contributed by atoms with E-state index in [1.54, 1.807) is 24.3 Å². The second kappa shape index (κ2) is 7.75. The van der Waals surface area contributed by atoms with Gasteiger partial charge in [0.15, 0.2) is 0 Å². The molecule has 0 saturated carbocycles. The Hall–Kier alpha value is -2.87. The zero-order valence-corrected chi connectivity index (χ0v) is 18.2. The van der Waals surface area contributed by atoms with Gasteiger partial charge in [-0.1, -0.05) is 12.1 Å². The van der Waals surface area contributed by atoms with Crippen LogP contribution in [0.3, 0.4) is 0 Å². The lowest BCUT2D eigenvalue weighted by Crippen LogP contribution is -2.39. The number of nitrogens with one attached hydrogen (secondary N) is 2. The quantitative estimate of drug-likeness (QED) is 0.661. The fraction of sp³-hybridized carbons (Fsp3) is 0.364. The number of pyridine rings is 1. The van der Waals surface area contributed by atoms with E-state index in [0.717, 1.165) is 53.5 Å². The Morgan fingerprint density at radius 3 is 2.73 bits per heavy atom. The van der Waals surface area contributed by atoms with Gasteiger partial charge in [-0.15, -0.1) is 0 Å². The van der Waals surface area contributed by atoms with Crippen molar-refractivity contribution >= 4 is 32.7 Å². The molecule has 8 heteroatoms. The fourth-order valence-electron chi connectivity index (χ4n) is 4.25. The first kappa shape index (κ1) is 20.4. The number of piperidine rings is 1. The molecule has 1 saturated heterocycles. The smallest absolute Gasteiger partial charge is 0.256 e. The minimum Gasteiger partial charge on any atom is -0.355 e. The first-order valence-corrected chi connectivity index (χ1v) is 12.0. The lowest BCUT2D eigenvalue weighted by molar-refractivity contribution is 0.0608. The van der Waals surface area contributed by atoms with Crippen molar-refractivity contribution in [3.05, 3.63) is 58.9 Å². The number of amides is 1. The second-order valence-corrected chi connectivity index (χ2v) is 9.74. The summed E-state index contributed by atoms with van der Waals surface area (Å²) in [5.74, 6) is -0.175. The van der Waals surface area contributed by atoms with Gasteiger partial charge in [0.05, 0.1) is 34.6 Å². The van der Waals surface area contributed by atoms with Crippen LogP contribution in [0.5, 0.6) is 0 Å². The molecule has 7 nitrogen and oxygen atoms in total. The Morgan fingerprint density at radius 2 is 1.97 bits per heavy atom. The summed E-state index contributed by atoms with van der Waals surface area (Å²) in [6.45, 7) is 4.65. The van der Waals surface area contributed by atoms with Crippen molar-refractivity contribution in [1.82, 2.24) is 14.9 Å². The number of H-pyrrole nitrogens is 1. The van der Waals surface area contributed by atoms with Crippen LogP contribution in [-0.2, 0) is 10.0 Å². The maximum absolute atomic E-state index is 13.5. The number of rotatable bonds is 4. The van der Waals surface area contributed by atoms with Gasteiger partial charge in [0.2, 0.25) is 10.0 Å². The lowest BCUT2D eigenvalue weighted by atomic mass is 9.98. The monoisotopic (exact) mass is 426 g/mol. The number of anilines is 1. The minimum absolute atomic E-state index is 0.105. The normalized spacial score (nSPS) is 17.3. The van der Waals surface area contributed by atoms with Crippen LogP contribution in [0.1, 0.15) is 52.6 Å². The summed E-state index contributed by atoms with van der Waals surface area (Å²) in [4.78, 5) is 23.4. The highest BCUT2D eigenvalue weighted by Crippen LogP contribution is 2.34. The van der Waals surface area contributed by atoms with Crippen molar-refractivity contribution in [2.24, 2.45) is 0 Å². The predicted molar refractivity (Wildman–Crippen MR) is 118 cm³/mol. The van der Waals surface area contributed by atoms with Crippen LogP contribution in [0.15, 0.2) is 36.4 Å². The molecule has 2 aromatic heterocycles. The third-order valence-corrected chi connectivity index (χ3v) is 6.10. The van der Waals surface area contributed by atoms with E-state index in [9.17, 15) is 13.2 Å². The molecule has 1 fully saturated rings. The van der Waals surface area contributed by atoms with Gasteiger partial charge in [0.1, 0.15) is 0 Å². The number of hydrogen-bond acceptors (Lipinski definition) is 4. The van der Waals surface area contributed by atoms with E-state index >= 15 is 0 Å². The first-order valence-electron chi connectivity index (χ1n) is 10.1. The Morgan fingerprint density at radius 1 is 1.20 bits per heavy atom.